The Labute approximate surface area is 153 Å². The number of benzene rings is 1. The smallest absolute Gasteiger partial charge is 0.416 e. The van der Waals surface area contributed by atoms with E-state index in [1.165, 1.54) is 12.3 Å². The molecule has 2 rings (SSSR count). The van der Waals surface area contributed by atoms with Crippen molar-refractivity contribution in [3.8, 4) is 17.1 Å². The number of carbonyl (C=O) groups is 1. The number of hydrogen-bond donors (Lipinski definition) is 0. The molecule has 10 heteroatoms. The van der Waals surface area contributed by atoms with Gasteiger partial charge in [-0.1, -0.05) is 0 Å². The SMILES string of the molecule is CC(C)OC(=O)/C=C/n1nnc(-c2cc(OC(C)C)cc(C(F)(F)F)c2)n1. The molecule has 0 aliphatic heterocycles. The Morgan fingerprint density at radius 1 is 1.15 bits per heavy atom. The molecule has 0 N–H and O–H groups in total. The molecule has 0 saturated heterocycles. The zero-order valence-corrected chi connectivity index (χ0v) is 15.2. The first-order valence-corrected chi connectivity index (χ1v) is 8.12. The Morgan fingerprint density at radius 3 is 2.44 bits per heavy atom. The van der Waals surface area contributed by atoms with Crippen LogP contribution < -0.4 is 4.74 Å². The van der Waals surface area contributed by atoms with E-state index in [0.29, 0.717) is 0 Å². The molecule has 0 aliphatic rings. The Balaban J connectivity index is 2.31. The first-order chi connectivity index (χ1) is 12.5. The molecule has 0 fully saturated rings. The van der Waals surface area contributed by atoms with Crippen molar-refractivity contribution in [3.63, 3.8) is 0 Å². The summed E-state index contributed by atoms with van der Waals surface area (Å²) >= 11 is 0. The number of halogens is 3. The molecule has 0 aliphatic carbocycles. The van der Waals surface area contributed by atoms with Crippen LogP contribution in [-0.4, -0.2) is 38.4 Å². The minimum absolute atomic E-state index is 0.0437. The van der Waals surface area contributed by atoms with Crippen molar-refractivity contribution in [1.82, 2.24) is 20.2 Å². The molecule has 146 valence electrons. The summed E-state index contributed by atoms with van der Waals surface area (Å²) < 4.78 is 49.7. The van der Waals surface area contributed by atoms with E-state index in [-0.39, 0.29) is 29.3 Å². The molecule has 27 heavy (non-hydrogen) atoms. The number of alkyl halides is 3. The van der Waals surface area contributed by atoms with Gasteiger partial charge in [-0.25, -0.2) is 4.79 Å². The fraction of sp³-hybridized carbons (Fsp3) is 0.412. The van der Waals surface area contributed by atoms with Gasteiger partial charge in [0.2, 0.25) is 5.82 Å². The molecular formula is C17H19F3N4O3. The largest absolute Gasteiger partial charge is 0.491 e. The lowest BCUT2D eigenvalue weighted by molar-refractivity contribution is -0.141. The number of tetrazole rings is 1. The van der Waals surface area contributed by atoms with Gasteiger partial charge in [-0.3, -0.25) is 0 Å². The van der Waals surface area contributed by atoms with Crippen LogP contribution in [0.25, 0.3) is 17.6 Å². The Hall–Kier alpha value is -2.91. The zero-order valence-electron chi connectivity index (χ0n) is 15.2. The van der Waals surface area contributed by atoms with E-state index < -0.39 is 17.7 Å². The molecule has 7 nitrogen and oxygen atoms in total. The first-order valence-electron chi connectivity index (χ1n) is 8.12. The van der Waals surface area contributed by atoms with Crippen LogP contribution in [0.1, 0.15) is 33.3 Å². The van der Waals surface area contributed by atoms with E-state index in [1.54, 1.807) is 27.7 Å². The third-order valence-electron chi connectivity index (χ3n) is 2.99. The average Bonchev–Trinajstić information content (AvgIpc) is 2.99. The van der Waals surface area contributed by atoms with Crippen LogP contribution in [0.3, 0.4) is 0 Å². The van der Waals surface area contributed by atoms with Crippen LogP contribution >= 0.6 is 0 Å². The summed E-state index contributed by atoms with van der Waals surface area (Å²) in [6.07, 6.45) is -2.86. The Bertz CT molecular complexity index is 829. The molecule has 2 aromatic rings. The predicted molar refractivity (Wildman–Crippen MR) is 90.6 cm³/mol. The van der Waals surface area contributed by atoms with Gasteiger partial charge in [-0.15, -0.1) is 15.0 Å². The lowest BCUT2D eigenvalue weighted by atomic mass is 10.1. The van der Waals surface area contributed by atoms with Crippen LogP contribution in [-0.2, 0) is 15.7 Å². The van der Waals surface area contributed by atoms with Gasteiger partial charge in [0.05, 0.1) is 24.0 Å². The minimum atomic E-state index is -4.55. The average molecular weight is 384 g/mol. The summed E-state index contributed by atoms with van der Waals surface area (Å²) in [5.74, 6) is -0.602. The summed E-state index contributed by atoms with van der Waals surface area (Å²) in [4.78, 5) is 12.4. The molecule has 0 radical (unpaired) electrons. The first kappa shape index (κ1) is 20.4. The van der Waals surface area contributed by atoms with Gasteiger partial charge in [0.15, 0.2) is 0 Å². The van der Waals surface area contributed by atoms with Crippen LogP contribution in [0.15, 0.2) is 24.3 Å². The molecule has 0 spiro atoms. The Kier molecular flexibility index (Phi) is 6.19. The monoisotopic (exact) mass is 384 g/mol. The van der Waals surface area contributed by atoms with Gasteiger partial charge in [0, 0.05) is 11.6 Å². The molecule has 0 unspecified atom stereocenters. The number of esters is 1. The quantitative estimate of drug-likeness (QED) is 0.560. The second kappa shape index (κ2) is 8.19. The molecule has 0 atom stereocenters. The lowest BCUT2D eigenvalue weighted by Gasteiger charge is -2.14. The van der Waals surface area contributed by atoms with E-state index in [9.17, 15) is 18.0 Å². The van der Waals surface area contributed by atoms with Gasteiger partial charge >= 0.3 is 12.1 Å². The second-order valence-electron chi connectivity index (χ2n) is 6.15. The number of hydrogen-bond acceptors (Lipinski definition) is 6. The number of aromatic nitrogens is 4. The van der Waals surface area contributed by atoms with Gasteiger partial charge in [0.25, 0.3) is 0 Å². The van der Waals surface area contributed by atoms with E-state index >= 15 is 0 Å². The van der Waals surface area contributed by atoms with Gasteiger partial charge < -0.3 is 9.47 Å². The van der Waals surface area contributed by atoms with Crippen molar-refractivity contribution >= 4 is 12.2 Å². The molecule has 0 bridgehead atoms. The maximum absolute atomic E-state index is 13.1. The third kappa shape index (κ3) is 6.08. The Morgan fingerprint density at radius 2 is 1.85 bits per heavy atom. The van der Waals surface area contributed by atoms with Crippen molar-refractivity contribution in [2.45, 2.75) is 46.1 Å². The molecular weight excluding hydrogens is 365 g/mol. The highest BCUT2D eigenvalue weighted by Gasteiger charge is 2.32. The molecule has 1 heterocycles. The van der Waals surface area contributed by atoms with E-state index in [4.69, 9.17) is 9.47 Å². The lowest BCUT2D eigenvalue weighted by Crippen LogP contribution is -2.09. The van der Waals surface area contributed by atoms with Crippen molar-refractivity contribution in [3.05, 3.63) is 29.8 Å². The van der Waals surface area contributed by atoms with Crippen LogP contribution in [0, 0.1) is 0 Å². The van der Waals surface area contributed by atoms with Crippen molar-refractivity contribution < 1.29 is 27.4 Å². The van der Waals surface area contributed by atoms with Crippen LogP contribution in [0.4, 0.5) is 13.2 Å². The van der Waals surface area contributed by atoms with Crippen molar-refractivity contribution in [2.24, 2.45) is 0 Å². The minimum Gasteiger partial charge on any atom is -0.491 e. The van der Waals surface area contributed by atoms with Crippen molar-refractivity contribution in [1.29, 1.82) is 0 Å². The number of nitrogens with zero attached hydrogens (tertiary/aromatic N) is 4. The topological polar surface area (TPSA) is 79.1 Å². The van der Waals surface area contributed by atoms with Crippen molar-refractivity contribution in [2.75, 3.05) is 0 Å². The highest BCUT2D eigenvalue weighted by molar-refractivity contribution is 5.84. The maximum atomic E-state index is 13.1. The van der Waals surface area contributed by atoms with Gasteiger partial charge in [0.1, 0.15) is 5.75 Å². The summed E-state index contributed by atoms with van der Waals surface area (Å²) in [6.45, 7) is 6.80. The summed E-state index contributed by atoms with van der Waals surface area (Å²) in [5.41, 5.74) is -0.798. The third-order valence-corrected chi connectivity index (χ3v) is 2.99. The maximum Gasteiger partial charge on any atom is 0.416 e. The summed E-state index contributed by atoms with van der Waals surface area (Å²) in [6, 6.07) is 3.22. The number of ether oxygens (including phenoxy) is 2. The predicted octanol–water partition coefficient (Wildman–Crippen LogP) is 3.57. The number of carbonyl (C=O) groups excluding carboxylic acids is 1. The molecule has 0 amide bonds. The summed E-state index contributed by atoms with van der Waals surface area (Å²) in [5, 5.41) is 11.4. The normalized spacial score (nSPS) is 12.2. The van der Waals surface area contributed by atoms with Crippen LogP contribution in [0.2, 0.25) is 0 Å². The fourth-order valence-electron chi connectivity index (χ4n) is 2.03. The zero-order chi connectivity index (χ0) is 20.2. The standard InChI is InChI=1S/C17H19F3N4O3/c1-10(2)26-14-8-12(7-13(9-14)17(18,19)20)16-21-23-24(22-16)6-5-15(25)27-11(3)4/h5-11H,1-4H3/b6-5+. The summed E-state index contributed by atoms with van der Waals surface area (Å²) in [7, 11) is 0. The molecule has 1 aromatic heterocycles. The molecule has 0 saturated carbocycles. The highest BCUT2D eigenvalue weighted by Crippen LogP contribution is 2.35. The fourth-order valence-corrected chi connectivity index (χ4v) is 2.03. The van der Waals surface area contributed by atoms with E-state index in [2.05, 4.69) is 15.4 Å². The second-order valence-corrected chi connectivity index (χ2v) is 6.15. The van der Waals surface area contributed by atoms with Crippen LogP contribution in [0.5, 0.6) is 5.75 Å². The highest BCUT2D eigenvalue weighted by atomic mass is 19.4. The number of rotatable bonds is 6. The van der Waals surface area contributed by atoms with Gasteiger partial charge in [-0.2, -0.15) is 13.2 Å². The van der Waals surface area contributed by atoms with Gasteiger partial charge in [-0.05, 0) is 51.1 Å². The molecule has 1 aromatic carbocycles. The van der Waals surface area contributed by atoms with E-state index in [1.807, 2.05) is 0 Å². The van der Waals surface area contributed by atoms with E-state index in [0.717, 1.165) is 23.0 Å².